The number of para-hydroxylation sites is 1. The van der Waals surface area contributed by atoms with Crippen LogP contribution in [0.1, 0.15) is 5.56 Å². The van der Waals surface area contributed by atoms with Crippen LogP contribution in [0.15, 0.2) is 59.7 Å². The summed E-state index contributed by atoms with van der Waals surface area (Å²) in [6.45, 7) is 0. The maximum atomic E-state index is 14.0. The zero-order valence-electron chi connectivity index (χ0n) is 13.2. The van der Waals surface area contributed by atoms with Gasteiger partial charge < -0.3 is 0 Å². The zero-order valence-corrected chi connectivity index (χ0v) is 14.1. The van der Waals surface area contributed by atoms with Crippen LogP contribution in [0.4, 0.5) is 10.1 Å². The van der Waals surface area contributed by atoms with Crippen molar-refractivity contribution in [2.24, 2.45) is 5.10 Å². The van der Waals surface area contributed by atoms with Crippen LogP contribution in [-0.2, 0) is 0 Å². The first kappa shape index (κ1) is 17.4. The first-order valence-electron chi connectivity index (χ1n) is 7.44. The van der Waals surface area contributed by atoms with Crippen molar-refractivity contribution in [2.45, 2.75) is 0 Å². The quantitative estimate of drug-likeness (QED) is 0.316. The molecule has 1 heterocycles. The monoisotopic (exact) mass is 369 g/mol. The van der Waals surface area contributed by atoms with Gasteiger partial charge in [-0.3, -0.25) is 10.1 Å². The Kier molecular flexibility index (Phi) is 5.09. The maximum absolute atomic E-state index is 14.0. The number of aromatic nitrogens is 3. The van der Waals surface area contributed by atoms with Crippen LogP contribution in [0, 0.1) is 20.7 Å². The summed E-state index contributed by atoms with van der Waals surface area (Å²) < 4.78 is 15.4. The van der Waals surface area contributed by atoms with Crippen LogP contribution >= 0.6 is 12.2 Å². The Morgan fingerprint density at radius 3 is 2.73 bits per heavy atom. The number of benzene rings is 2. The summed E-state index contributed by atoms with van der Waals surface area (Å²) in [5.74, 6) is -0.225. The highest BCUT2D eigenvalue weighted by Crippen LogP contribution is 2.21. The number of hydrogen-bond acceptors (Lipinski definition) is 5. The number of halogens is 1. The third kappa shape index (κ3) is 3.62. The number of H-pyrrole nitrogens is 1. The van der Waals surface area contributed by atoms with Gasteiger partial charge in [0.15, 0.2) is 5.82 Å². The molecular weight excluding hydrogens is 357 g/mol. The molecule has 130 valence electrons. The molecule has 0 saturated carbocycles. The minimum Gasteiger partial charge on any atom is -0.258 e. The molecule has 0 bridgehead atoms. The zero-order chi connectivity index (χ0) is 18.5. The summed E-state index contributed by atoms with van der Waals surface area (Å²) in [5.41, 5.74) is 0.679. The van der Waals surface area contributed by atoms with Gasteiger partial charge in [-0.2, -0.15) is 14.9 Å². The van der Waals surface area contributed by atoms with Crippen molar-refractivity contribution in [2.75, 3.05) is 0 Å². The van der Waals surface area contributed by atoms with Crippen LogP contribution in [0.3, 0.4) is 0 Å². The van der Waals surface area contributed by atoms with E-state index in [0.29, 0.717) is 5.56 Å². The summed E-state index contributed by atoms with van der Waals surface area (Å²) >= 11 is 5.11. The predicted molar refractivity (Wildman–Crippen MR) is 98.8 cm³/mol. The predicted octanol–water partition coefficient (Wildman–Crippen LogP) is 4.20. The van der Waals surface area contributed by atoms with Crippen molar-refractivity contribution in [1.29, 1.82) is 0 Å². The van der Waals surface area contributed by atoms with Crippen molar-refractivity contribution < 1.29 is 9.31 Å². The summed E-state index contributed by atoms with van der Waals surface area (Å²) in [4.78, 5) is 10.5. The smallest absolute Gasteiger partial charge is 0.258 e. The molecule has 9 heteroatoms. The van der Waals surface area contributed by atoms with Crippen molar-refractivity contribution >= 4 is 30.2 Å². The lowest BCUT2D eigenvalue weighted by molar-refractivity contribution is -0.385. The fourth-order valence-electron chi connectivity index (χ4n) is 2.26. The summed E-state index contributed by atoms with van der Waals surface area (Å²) in [7, 11) is 0. The Hall–Kier alpha value is -3.46. The number of nitrogens with zero attached hydrogens (tertiary/aromatic N) is 4. The highest BCUT2D eigenvalue weighted by Gasteiger charge is 2.12. The summed E-state index contributed by atoms with van der Waals surface area (Å²) in [5, 5.41) is 21.7. The van der Waals surface area contributed by atoms with Crippen molar-refractivity contribution in [1.82, 2.24) is 14.9 Å². The molecule has 0 atom stereocenters. The van der Waals surface area contributed by atoms with Gasteiger partial charge in [0.1, 0.15) is 5.82 Å². The van der Waals surface area contributed by atoms with Gasteiger partial charge in [-0.05, 0) is 42.6 Å². The molecule has 1 N–H and O–H groups in total. The van der Waals surface area contributed by atoms with Crippen LogP contribution in [0.5, 0.6) is 0 Å². The number of nitro benzene ring substituents is 1. The molecule has 1 aromatic heterocycles. The second-order valence-corrected chi connectivity index (χ2v) is 5.47. The van der Waals surface area contributed by atoms with Crippen LogP contribution in [0.2, 0.25) is 0 Å². The fraction of sp³-hybridized carbons (Fsp3) is 0. The molecule has 0 spiro atoms. The fourth-order valence-corrected chi connectivity index (χ4v) is 2.44. The molecule has 3 aromatic rings. The third-order valence-corrected chi connectivity index (χ3v) is 3.71. The van der Waals surface area contributed by atoms with E-state index in [9.17, 15) is 14.5 Å². The first-order chi connectivity index (χ1) is 12.6. The first-order valence-corrected chi connectivity index (χ1v) is 7.85. The SMILES string of the molecule is O=[N+]([O-])c1ccccc1C=CC=Nn1c(-c2ccccc2F)n[nH]c1=S. The highest BCUT2D eigenvalue weighted by atomic mass is 32.1. The Morgan fingerprint density at radius 2 is 1.96 bits per heavy atom. The lowest BCUT2D eigenvalue weighted by Crippen LogP contribution is -1.95. The molecule has 0 aliphatic carbocycles. The second kappa shape index (κ2) is 7.62. The topological polar surface area (TPSA) is 89.1 Å². The molecule has 0 fully saturated rings. The molecule has 2 aromatic carbocycles. The number of nitrogens with one attached hydrogen (secondary N) is 1. The van der Waals surface area contributed by atoms with E-state index in [4.69, 9.17) is 12.2 Å². The Labute approximate surface area is 152 Å². The standard InChI is InChI=1S/C17H12FN5O2S/c18-14-9-3-2-8-13(14)16-20-21-17(26)22(16)19-11-5-7-12-6-1-4-10-15(12)23(24)25/h1-11H,(H,21,26). The lowest BCUT2D eigenvalue weighted by atomic mass is 10.2. The Balaban J connectivity index is 1.89. The van der Waals surface area contributed by atoms with Gasteiger partial charge in [-0.1, -0.05) is 24.3 Å². The summed E-state index contributed by atoms with van der Waals surface area (Å²) in [6, 6.07) is 12.5. The molecule has 0 amide bonds. The average molecular weight is 369 g/mol. The molecule has 7 nitrogen and oxygen atoms in total. The van der Waals surface area contributed by atoms with Gasteiger partial charge in [-0.25, -0.2) is 9.49 Å². The molecule has 0 unspecified atom stereocenters. The second-order valence-electron chi connectivity index (χ2n) is 5.08. The van der Waals surface area contributed by atoms with E-state index in [1.54, 1.807) is 42.5 Å². The normalized spacial score (nSPS) is 11.4. The molecule has 3 rings (SSSR count). The number of aromatic amines is 1. The van der Waals surface area contributed by atoms with Gasteiger partial charge in [0.25, 0.3) is 5.69 Å². The van der Waals surface area contributed by atoms with Crippen LogP contribution in [0.25, 0.3) is 17.5 Å². The van der Waals surface area contributed by atoms with Crippen molar-refractivity contribution in [3.8, 4) is 11.4 Å². The van der Waals surface area contributed by atoms with Gasteiger partial charge in [-0.15, -0.1) is 0 Å². The van der Waals surface area contributed by atoms with Crippen molar-refractivity contribution in [3.05, 3.63) is 80.9 Å². The van der Waals surface area contributed by atoms with Gasteiger partial charge in [0.05, 0.1) is 16.1 Å². The Bertz CT molecular complexity index is 1070. The van der Waals surface area contributed by atoms with E-state index in [0.717, 1.165) is 0 Å². The minimum atomic E-state index is -0.459. The molecule has 0 aliphatic rings. The number of nitro groups is 1. The third-order valence-electron chi connectivity index (χ3n) is 3.44. The van der Waals surface area contributed by atoms with Gasteiger partial charge in [0.2, 0.25) is 4.77 Å². The largest absolute Gasteiger partial charge is 0.276 e. The molecule has 26 heavy (non-hydrogen) atoms. The molecule has 0 aliphatic heterocycles. The number of hydrogen-bond donors (Lipinski definition) is 1. The Morgan fingerprint density at radius 1 is 1.23 bits per heavy atom. The highest BCUT2D eigenvalue weighted by molar-refractivity contribution is 7.71. The van der Waals surface area contributed by atoms with Crippen LogP contribution in [-0.4, -0.2) is 26.0 Å². The van der Waals surface area contributed by atoms with Gasteiger partial charge >= 0.3 is 0 Å². The van der Waals surface area contributed by atoms with E-state index >= 15 is 0 Å². The van der Waals surface area contributed by atoms with Crippen molar-refractivity contribution in [3.63, 3.8) is 0 Å². The molecule has 0 radical (unpaired) electrons. The van der Waals surface area contributed by atoms with Crippen LogP contribution < -0.4 is 0 Å². The summed E-state index contributed by atoms with van der Waals surface area (Å²) in [6.07, 6.45) is 4.47. The minimum absolute atomic E-state index is 0.0101. The van der Waals surface area contributed by atoms with E-state index < -0.39 is 10.7 Å². The van der Waals surface area contributed by atoms with E-state index in [1.807, 2.05) is 0 Å². The molecular formula is C17H12FN5O2S. The lowest BCUT2D eigenvalue weighted by Gasteiger charge is -2.01. The number of rotatable bonds is 5. The number of allylic oxidation sites excluding steroid dienone is 1. The van der Waals surface area contributed by atoms with Gasteiger partial charge in [0, 0.05) is 12.3 Å². The van der Waals surface area contributed by atoms with E-state index in [1.165, 1.54) is 29.1 Å². The molecule has 0 saturated heterocycles. The van der Waals surface area contributed by atoms with E-state index in [-0.39, 0.29) is 21.8 Å². The maximum Gasteiger partial charge on any atom is 0.276 e. The van der Waals surface area contributed by atoms with E-state index in [2.05, 4.69) is 15.3 Å². The average Bonchev–Trinajstić information content (AvgIpc) is 3.00.